The van der Waals surface area contributed by atoms with Gasteiger partial charge >= 0.3 is 5.91 Å². The Hall–Kier alpha value is -4.24. The fourth-order valence-corrected chi connectivity index (χ4v) is 5.80. The molecule has 1 amide bonds. The zero-order chi connectivity index (χ0) is 27.1. The van der Waals surface area contributed by atoms with Gasteiger partial charge in [-0.05, 0) is 55.3 Å². The van der Waals surface area contributed by atoms with Crippen LogP contribution in [-0.4, -0.2) is 40.3 Å². The Morgan fingerprint density at radius 1 is 1.29 bits per heavy atom. The topological polar surface area (TPSA) is 106 Å². The van der Waals surface area contributed by atoms with Gasteiger partial charge in [-0.2, -0.15) is 0 Å². The molecule has 8 nitrogen and oxygen atoms in total. The second kappa shape index (κ2) is 9.90. The number of aliphatic hydroxyl groups is 1. The second-order valence-corrected chi connectivity index (χ2v) is 10.2. The lowest BCUT2D eigenvalue weighted by Gasteiger charge is -2.23. The first-order valence-corrected chi connectivity index (χ1v) is 12.9. The molecule has 0 aliphatic carbocycles. The van der Waals surface area contributed by atoms with Crippen molar-refractivity contribution in [3.8, 4) is 11.5 Å². The number of carbonyl (C=O) groups excluding carboxylic acids is 3. The first-order chi connectivity index (χ1) is 18.2. The van der Waals surface area contributed by atoms with Crippen LogP contribution in [0.4, 0.5) is 5.13 Å². The molecule has 0 unspecified atom stereocenters. The average Bonchev–Trinajstić information content (AvgIpc) is 3.54. The molecule has 5 rings (SSSR count). The number of anilines is 1. The summed E-state index contributed by atoms with van der Waals surface area (Å²) in [5.41, 5.74) is 2.26. The lowest BCUT2D eigenvalue weighted by atomic mass is 9.94. The van der Waals surface area contributed by atoms with Gasteiger partial charge in [-0.1, -0.05) is 36.1 Å². The molecule has 2 aliphatic rings. The molecule has 9 heteroatoms. The van der Waals surface area contributed by atoms with Crippen LogP contribution in [0.2, 0.25) is 0 Å². The zero-order valence-electron chi connectivity index (χ0n) is 21.2. The van der Waals surface area contributed by atoms with E-state index in [2.05, 4.69) is 11.6 Å². The van der Waals surface area contributed by atoms with Crippen LogP contribution in [0, 0.1) is 6.92 Å². The molecule has 0 saturated carbocycles. The highest BCUT2D eigenvalue weighted by atomic mass is 32.1. The van der Waals surface area contributed by atoms with Gasteiger partial charge in [-0.3, -0.25) is 19.3 Å². The van der Waals surface area contributed by atoms with Gasteiger partial charge in [0.1, 0.15) is 30.0 Å². The number of fused-ring (bicyclic) bond motifs is 1. The summed E-state index contributed by atoms with van der Waals surface area (Å²) in [5, 5.41) is 11.7. The maximum absolute atomic E-state index is 13.5. The average molecular weight is 531 g/mol. The number of ketones is 2. The number of thiazole rings is 1. The number of benzene rings is 2. The Balaban J connectivity index is 1.69. The molecule has 1 saturated heterocycles. The summed E-state index contributed by atoms with van der Waals surface area (Å²) in [6, 6.07) is 11.2. The molecule has 38 heavy (non-hydrogen) atoms. The molecular weight excluding hydrogens is 504 g/mol. The molecule has 194 valence electrons. The lowest BCUT2D eigenvalue weighted by molar-refractivity contribution is -0.132. The Morgan fingerprint density at radius 2 is 2.08 bits per heavy atom. The van der Waals surface area contributed by atoms with E-state index in [1.54, 1.807) is 55.5 Å². The zero-order valence-corrected chi connectivity index (χ0v) is 22.0. The van der Waals surface area contributed by atoms with Crippen LogP contribution in [0.5, 0.6) is 11.5 Å². The molecule has 2 atom stereocenters. The number of rotatable bonds is 7. The van der Waals surface area contributed by atoms with Crippen LogP contribution in [0.15, 0.2) is 60.7 Å². The van der Waals surface area contributed by atoms with E-state index in [-0.39, 0.29) is 35.0 Å². The van der Waals surface area contributed by atoms with Crippen molar-refractivity contribution in [2.75, 3.05) is 11.5 Å². The first kappa shape index (κ1) is 25.4. The maximum atomic E-state index is 13.5. The number of ether oxygens (including phenoxy) is 2. The summed E-state index contributed by atoms with van der Waals surface area (Å²) in [6.45, 7) is 9.00. The van der Waals surface area contributed by atoms with Crippen molar-refractivity contribution in [3.63, 3.8) is 0 Å². The lowest BCUT2D eigenvalue weighted by Crippen LogP contribution is -2.29. The normalized spacial score (nSPS) is 19.8. The fourth-order valence-electron chi connectivity index (χ4n) is 4.81. The second-order valence-electron chi connectivity index (χ2n) is 9.26. The number of amides is 1. The predicted molar refractivity (Wildman–Crippen MR) is 144 cm³/mol. The van der Waals surface area contributed by atoms with Gasteiger partial charge in [0.25, 0.3) is 5.78 Å². The molecule has 0 bridgehead atoms. The Labute approximate surface area is 223 Å². The highest BCUT2D eigenvalue weighted by Crippen LogP contribution is 2.45. The minimum Gasteiger partial charge on any atom is -0.507 e. The third kappa shape index (κ3) is 4.39. The van der Waals surface area contributed by atoms with E-state index in [0.29, 0.717) is 33.9 Å². The third-order valence-corrected chi connectivity index (χ3v) is 7.72. The van der Waals surface area contributed by atoms with Crippen LogP contribution >= 0.6 is 11.3 Å². The van der Waals surface area contributed by atoms with Crippen LogP contribution < -0.4 is 14.4 Å². The van der Waals surface area contributed by atoms with Crippen LogP contribution in [-0.2, 0) is 16.0 Å². The number of aromatic nitrogens is 1. The molecule has 2 aromatic carbocycles. The standard InChI is InChI=1S/C29H26N2O6S/c1-5-11-36-21-8-6-7-18(14-21)24-23(25(33)19-9-10-22-20(13-19)12-15(2)37-22)26(34)28(35)31(24)29-30-16(3)27(38-29)17(4)32/h5-10,13-15,24,33H,1,11-12H2,2-4H3/t15-,24-/m0/s1. The van der Waals surface area contributed by atoms with E-state index in [1.807, 2.05) is 6.92 Å². The van der Waals surface area contributed by atoms with Gasteiger partial charge in [0, 0.05) is 18.9 Å². The molecule has 2 aliphatic heterocycles. The van der Waals surface area contributed by atoms with E-state index >= 15 is 0 Å². The molecule has 0 spiro atoms. The van der Waals surface area contributed by atoms with E-state index in [0.717, 1.165) is 22.6 Å². The molecule has 3 aromatic rings. The number of aliphatic hydroxyl groups excluding tert-OH is 1. The predicted octanol–water partition coefficient (Wildman–Crippen LogP) is 5.17. The SMILES string of the molecule is C=CCOc1cccc([C@H]2C(=C(O)c3ccc4c(c3)C[C@H](C)O4)C(=O)C(=O)N2c2nc(C)c(C(C)=O)s2)c1. The Bertz CT molecular complexity index is 1520. The maximum Gasteiger partial charge on any atom is 0.301 e. The molecule has 1 aromatic heterocycles. The van der Waals surface area contributed by atoms with Crippen molar-refractivity contribution in [1.29, 1.82) is 0 Å². The molecule has 1 fully saturated rings. The van der Waals surface area contributed by atoms with Crippen LogP contribution in [0.25, 0.3) is 5.76 Å². The quantitative estimate of drug-likeness (QED) is 0.148. The Kier molecular flexibility index (Phi) is 6.62. The monoisotopic (exact) mass is 530 g/mol. The third-order valence-electron chi connectivity index (χ3n) is 6.47. The van der Waals surface area contributed by atoms with Gasteiger partial charge < -0.3 is 14.6 Å². The highest BCUT2D eigenvalue weighted by molar-refractivity contribution is 7.18. The fraction of sp³-hybridized carbons (Fsp3) is 0.241. The minimum absolute atomic E-state index is 0.00916. The van der Waals surface area contributed by atoms with Gasteiger partial charge in [0.2, 0.25) is 0 Å². The van der Waals surface area contributed by atoms with Crippen LogP contribution in [0.1, 0.15) is 51.9 Å². The highest BCUT2D eigenvalue weighted by Gasteiger charge is 2.48. The number of hydrogen-bond donors (Lipinski definition) is 1. The summed E-state index contributed by atoms with van der Waals surface area (Å²) in [5.74, 6) is -0.919. The number of aryl methyl sites for hydroxylation is 1. The molecule has 0 radical (unpaired) electrons. The smallest absolute Gasteiger partial charge is 0.301 e. The van der Waals surface area contributed by atoms with E-state index in [1.165, 1.54) is 11.8 Å². The molecule has 3 heterocycles. The van der Waals surface area contributed by atoms with Crippen molar-refractivity contribution in [2.24, 2.45) is 0 Å². The van der Waals surface area contributed by atoms with E-state index in [9.17, 15) is 19.5 Å². The van der Waals surface area contributed by atoms with Crippen LogP contribution in [0.3, 0.4) is 0 Å². The molecular formula is C29H26N2O6S. The van der Waals surface area contributed by atoms with Crippen molar-refractivity contribution >= 4 is 39.7 Å². The summed E-state index contributed by atoms with van der Waals surface area (Å²) < 4.78 is 11.5. The van der Waals surface area contributed by atoms with Crippen molar-refractivity contribution < 1.29 is 29.0 Å². The van der Waals surface area contributed by atoms with Crippen molar-refractivity contribution in [2.45, 2.75) is 39.3 Å². The van der Waals surface area contributed by atoms with Gasteiger partial charge in [-0.25, -0.2) is 4.98 Å². The number of carbonyl (C=O) groups is 3. The summed E-state index contributed by atoms with van der Waals surface area (Å²) in [7, 11) is 0. The van der Waals surface area contributed by atoms with Crippen molar-refractivity contribution in [1.82, 2.24) is 4.98 Å². The minimum atomic E-state index is -0.990. The van der Waals surface area contributed by atoms with Crippen molar-refractivity contribution in [3.05, 3.63) is 88.0 Å². The van der Waals surface area contributed by atoms with Gasteiger partial charge in [0.05, 0.1) is 22.2 Å². The van der Waals surface area contributed by atoms with E-state index < -0.39 is 17.7 Å². The van der Waals surface area contributed by atoms with E-state index in [4.69, 9.17) is 9.47 Å². The number of nitrogens with zero attached hydrogens (tertiary/aromatic N) is 2. The molecule has 1 N–H and O–H groups in total. The van der Waals surface area contributed by atoms with Gasteiger partial charge in [-0.15, -0.1) is 0 Å². The number of Topliss-reactive ketones (excluding diaryl/α,β-unsaturated/α-hetero) is 2. The largest absolute Gasteiger partial charge is 0.507 e. The summed E-state index contributed by atoms with van der Waals surface area (Å²) in [4.78, 5) is 45.2. The summed E-state index contributed by atoms with van der Waals surface area (Å²) in [6.07, 6.45) is 2.29. The summed E-state index contributed by atoms with van der Waals surface area (Å²) >= 11 is 1.04. The number of hydrogen-bond acceptors (Lipinski definition) is 8. The Morgan fingerprint density at radius 3 is 2.79 bits per heavy atom. The first-order valence-electron chi connectivity index (χ1n) is 12.1. The van der Waals surface area contributed by atoms with Gasteiger partial charge in [0.15, 0.2) is 10.9 Å².